The Morgan fingerprint density at radius 2 is 1.19 bits per heavy atom. The molecule has 0 fully saturated rings. The van der Waals surface area contributed by atoms with Crippen molar-refractivity contribution in [2.75, 3.05) is 18.1 Å². The minimum absolute atomic E-state index is 0. The standard InChI is InChI=1S/C29H38N2.BrH/c1-2-3-4-5-6-7-8-9-10-15-20-30-21-22-31(24-30)29-27-18-13-11-16-25(27)23-26-17-12-14-19-28(26)29;/h11-14,16-19,21-23H,2-10,15,20,24H2,1H3;1H. The molecule has 0 bridgehead atoms. The molecule has 0 atom stereocenters. The van der Waals surface area contributed by atoms with Gasteiger partial charge in [0.1, 0.15) is 0 Å². The highest BCUT2D eigenvalue weighted by molar-refractivity contribution is 8.93. The summed E-state index contributed by atoms with van der Waals surface area (Å²) in [6.45, 7) is 4.40. The van der Waals surface area contributed by atoms with Gasteiger partial charge in [-0.15, -0.1) is 17.0 Å². The predicted molar refractivity (Wildman–Crippen MR) is 147 cm³/mol. The van der Waals surface area contributed by atoms with Crippen LogP contribution in [0.25, 0.3) is 21.5 Å². The van der Waals surface area contributed by atoms with E-state index in [-0.39, 0.29) is 17.0 Å². The van der Waals surface area contributed by atoms with E-state index in [1.165, 1.54) is 91.4 Å². The third kappa shape index (κ3) is 6.28. The van der Waals surface area contributed by atoms with Crippen LogP contribution in [0.2, 0.25) is 0 Å². The lowest BCUT2D eigenvalue weighted by Gasteiger charge is -2.24. The summed E-state index contributed by atoms with van der Waals surface area (Å²) in [6, 6.07) is 19.9. The molecule has 3 aromatic carbocycles. The molecule has 0 spiro atoms. The van der Waals surface area contributed by atoms with Gasteiger partial charge in [0.05, 0.1) is 12.4 Å². The van der Waals surface area contributed by atoms with Crippen LogP contribution in [-0.2, 0) is 0 Å². The third-order valence-electron chi connectivity index (χ3n) is 6.62. The Morgan fingerprint density at radius 1 is 0.656 bits per heavy atom. The Hall–Kier alpha value is -2.00. The van der Waals surface area contributed by atoms with Crippen LogP contribution in [0.4, 0.5) is 5.69 Å². The Morgan fingerprint density at radius 3 is 1.78 bits per heavy atom. The molecule has 0 saturated carbocycles. The van der Waals surface area contributed by atoms with Gasteiger partial charge in [-0.1, -0.05) is 113 Å². The zero-order chi connectivity index (χ0) is 21.3. The fraction of sp³-hybridized carbons (Fsp3) is 0.448. The largest absolute Gasteiger partial charge is 0.358 e. The number of hydrogen-bond acceptors (Lipinski definition) is 2. The number of unbranched alkanes of at least 4 members (excludes halogenated alkanes) is 9. The summed E-state index contributed by atoms with van der Waals surface area (Å²) in [4.78, 5) is 4.91. The molecule has 2 nitrogen and oxygen atoms in total. The summed E-state index contributed by atoms with van der Waals surface area (Å²) in [5.41, 5.74) is 1.34. The molecular weight excluding hydrogens is 456 g/mol. The van der Waals surface area contributed by atoms with Gasteiger partial charge in [-0.05, 0) is 23.3 Å². The molecular formula is C29H39BrN2. The Labute approximate surface area is 205 Å². The first-order valence-corrected chi connectivity index (χ1v) is 12.5. The van der Waals surface area contributed by atoms with Crippen LogP contribution >= 0.6 is 17.0 Å². The number of halogens is 1. The van der Waals surface area contributed by atoms with Crippen LogP contribution in [0.5, 0.6) is 0 Å². The number of anilines is 1. The van der Waals surface area contributed by atoms with E-state index in [1.807, 2.05) is 0 Å². The third-order valence-corrected chi connectivity index (χ3v) is 6.62. The highest BCUT2D eigenvalue weighted by atomic mass is 79.9. The maximum Gasteiger partial charge on any atom is 0.0942 e. The maximum atomic E-state index is 2.47. The van der Waals surface area contributed by atoms with Gasteiger partial charge in [0.2, 0.25) is 0 Å². The van der Waals surface area contributed by atoms with E-state index in [2.05, 4.69) is 83.7 Å². The molecule has 1 heterocycles. The molecule has 172 valence electrons. The van der Waals surface area contributed by atoms with Crippen LogP contribution in [0.3, 0.4) is 0 Å². The molecule has 0 aromatic heterocycles. The van der Waals surface area contributed by atoms with E-state index < -0.39 is 0 Å². The zero-order valence-electron chi connectivity index (χ0n) is 19.6. The average molecular weight is 496 g/mol. The first kappa shape index (κ1) is 24.6. The Balaban J connectivity index is 0.00000289. The lowest BCUT2D eigenvalue weighted by Crippen LogP contribution is -2.26. The summed E-state index contributed by atoms with van der Waals surface area (Å²) in [6.07, 6.45) is 18.5. The van der Waals surface area contributed by atoms with Gasteiger partial charge in [-0.3, -0.25) is 0 Å². The van der Waals surface area contributed by atoms with Crippen molar-refractivity contribution in [1.82, 2.24) is 4.90 Å². The quantitative estimate of drug-likeness (QED) is 0.183. The first-order chi connectivity index (χ1) is 15.4. The number of rotatable bonds is 12. The lowest BCUT2D eigenvalue weighted by molar-refractivity contribution is 0.388. The average Bonchev–Trinajstić information content (AvgIpc) is 3.27. The first-order valence-electron chi connectivity index (χ1n) is 12.5. The fourth-order valence-corrected chi connectivity index (χ4v) is 4.86. The normalized spacial score (nSPS) is 13.3. The monoisotopic (exact) mass is 494 g/mol. The van der Waals surface area contributed by atoms with Gasteiger partial charge in [0, 0.05) is 29.7 Å². The van der Waals surface area contributed by atoms with Crippen LogP contribution < -0.4 is 4.90 Å². The van der Waals surface area contributed by atoms with Gasteiger partial charge in [-0.2, -0.15) is 0 Å². The molecule has 0 unspecified atom stereocenters. The molecule has 0 aliphatic carbocycles. The van der Waals surface area contributed by atoms with Crippen molar-refractivity contribution in [3.63, 3.8) is 0 Å². The van der Waals surface area contributed by atoms with Crippen LogP contribution in [0.1, 0.15) is 71.1 Å². The molecule has 1 aliphatic rings. The summed E-state index contributed by atoms with van der Waals surface area (Å²) in [5, 5.41) is 5.31. The summed E-state index contributed by atoms with van der Waals surface area (Å²) < 4.78 is 0. The van der Waals surface area contributed by atoms with Crippen molar-refractivity contribution in [3.05, 3.63) is 67.0 Å². The summed E-state index contributed by atoms with van der Waals surface area (Å²) >= 11 is 0. The lowest BCUT2D eigenvalue weighted by atomic mass is 10.0. The molecule has 3 heteroatoms. The SMILES string of the molecule is Br.CCCCCCCCCCCCN1C=CN(c2c3ccccc3cc3ccccc23)C1. The van der Waals surface area contributed by atoms with Crippen LogP contribution in [-0.4, -0.2) is 18.1 Å². The minimum atomic E-state index is 0. The van der Waals surface area contributed by atoms with Crippen molar-refractivity contribution >= 4 is 44.2 Å². The predicted octanol–water partition coefficient (Wildman–Crippen LogP) is 9.04. The van der Waals surface area contributed by atoms with Crippen molar-refractivity contribution in [2.24, 2.45) is 0 Å². The topological polar surface area (TPSA) is 6.48 Å². The van der Waals surface area contributed by atoms with E-state index >= 15 is 0 Å². The van der Waals surface area contributed by atoms with Gasteiger partial charge in [0.25, 0.3) is 0 Å². The van der Waals surface area contributed by atoms with E-state index in [9.17, 15) is 0 Å². The fourth-order valence-electron chi connectivity index (χ4n) is 4.86. The Kier molecular flexibility index (Phi) is 9.92. The van der Waals surface area contributed by atoms with Crippen LogP contribution in [0.15, 0.2) is 67.0 Å². The number of hydrogen-bond donors (Lipinski definition) is 0. The molecule has 0 radical (unpaired) electrons. The van der Waals surface area contributed by atoms with E-state index in [1.54, 1.807) is 0 Å². The molecule has 4 rings (SSSR count). The highest BCUT2D eigenvalue weighted by Crippen LogP contribution is 2.37. The highest BCUT2D eigenvalue weighted by Gasteiger charge is 2.18. The van der Waals surface area contributed by atoms with Gasteiger partial charge in [0.15, 0.2) is 0 Å². The molecule has 1 aliphatic heterocycles. The summed E-state index contributed by atoms with van der Waals surface area (Å²) in [5.74, 6) is 0. The van der Waals surface area contributed by atoms with E-state index in [0.29, 0.717) is 0 Å². The van der Waals surface area contributed by atoms with Crippen molar-refractivity contribution in [2.45, 2.75) is 71.1 Å². The van der Waals surface area contributed by atoms with Gasteiger partial charge >= 0.3 is 0 Å². The smallest absolute Gasteiger partial charge is 0.0942 e. The van der Waals surface area contributed by atoms with Crippen LogP contribution in [0, 0.1) is 0 Å². The second-order valence-electron chi connectivity index (χ2n) is 9.07. The molecule has 32 heavy (non-hydrogen) atoms. The van der Waals surface area contributed by atoms with Crippen molar-refractivity contribution < 1.29 is 0 Å². The van der Waals surface area contributed by atoms with E-state index in [4.69, 9.17) is 0 Å². The molecule has 3 aromatic rings. The second-order valence-corrected chi connectivity index (χ2v) is 9.07. The number of nitrogens with zero attached hydrogens (tertiary/aromatic N) is 2. The molecule has 0 saturated heterocycles. The number of fused-ring (bicyclic) bond motifs is 2. The molecule has 0 amide bonds. The number of benzene rings is 3. The molecule has 0 N–H and O–H groups in total. The summed E-state index contributed by atoms with van der Waals surface area (Å²) in [7, 11) is 0. The van der Waals surface area contributed by atoms with Gasteiger partial charge in [-0.25, -0.2) is 0 Å². The minimum Gasteiger partial charge on any atom is -0.358 e. The Bertz CT molecular complexity index is 943. The van der Waals surface area contributed by atoms with Crippen molar-refractivity contribution in [3.8, 4) is 0 Å². The second kappa shape index (κ2) is 12.9. The zero-order valence-corrected chi connectivity index (χ0v) is 21.4. The van der Waals surface area contributed by atoms with E-state index in [0.717, 1.165) is 13.2 Å². The van der Waals surface area contributed by atoms with Gasteiger partial charge < -0.3 is 9.80 Å². The maximum absolute atomic E-state index is 2.47. The van der Waals surface area contributed by atoms with Crippen molar-refractivity contribution in [1.29, 1.82) is 0 Å².